The van der Waals surface area contributed by atoms with E-state index in [-0.39, 0.29) is 11.7 Å². The summed E-state index contributed by atoms with van der Waals surface area (Å²) in [5, 5.41) is 9.20. The number of carbonyl (C=O) groups is 1. The molecule has 0 heterocycles. The Balaban J connectivity index is 2.84. The fraction of sp³-hybridized carbons (Fsp3) is 0.533. The van der Waals surface area contributed by atoms with Crippen molar-refractivity contribution in [2.45, 2.75) is 39.7 Å². The molecule has 1 unspecified atom stereocenters. The zero-order valence-electron chi connectivity index (χ0n) is 12.8. The molecule has 0 saturated carbocycles. The van der Waals surface area contributed by atoms with Gasteiger partial charge >= 0.3 is 5.97 Å². The third kappa shape index (κ3) is 5.47. The fourth-order valence-corrected chi connectivity index (χ4v) is 3.79. The molecule has 2 atom stereocenters. The van der Waals surface area contributed by atoms with E-state index in [1.54, 1.807) is 27.7 Å². The zero-order chi connectivity index (χ0) is 16.3. The van der Waals surface area contributed by atoms with Gasteiger partial charge in [0, 0.05) is 0 Å². The lowest BCUT2D eigenvalue weighted by Gasteiger charge is -2.28. The molecule has 0 fully saturated rings. The van der Waals surface area contributed by atoms with E-state index in [1.165, 1.54) is 0 Å². The van der Waals surface area contributed by atoms with Crippen molar-refractivity contribution < 1.29 is 18.3 Å². The van der Waals surface area contributed by atoms with Crippen LogP contribution in [0.15, 0.2) is 30.3 Å². The lowest BCUT2D eigenvalue weighted by molar-refractivity contribution is -0.141. The highest BCUT2D eigenvalue weighted by molar-refractivity contribution is 7.89. The average Bonchev–Trinajstić information content (AvgIpc) is 2.35. The van der Waals surface area contributed by atoms with E-state index in [1.807, 2.05) is 30.3 Å². The Morgan fingerprint density at radius 2 is 1.76 bits per heavy atom. The molecule has 1 aromatic rings. The van der Waals surface area contributed by atoms with Crippen LogP contribution in [0.5, 0.6) is 0 Å². The van der Waals surface area contributed by atoms with Gasteiger partial charge in [-0.15, -0.1) is 0 Å². The summed E-state index contributed by atoms with van der Waals surface area (Å²) < 4.78 is 26.7. The highest BCUT2D eigenvalue weighted by atomic mass is 32.2. The fourth-order valence-electron chi connectivity index (χ4n) is 2.03. The van der Waals surface area contributed by atoms with Crippen molar-refractivity contribution in [3.8, 4) is 0 Å². The maximum atomic E-state index is 12.2. The van der Waals surface area contributed by atoms with Crippen LogP contribution < -0.4 is 4.72 Å². The number of benzene rings is 1. The van der Waals surface area contributed by atoms with Crippen LogP contribution in [0.4, 0.5) is 0 Å². The molecule has 6 heteroatoms. The Labute approximate surface area is 126 Å². The van der Waals surface area contributed by atoms with Gasteiger partial charge in [0.1, 0.15) is 6.04 Å². The molecule has 2 N–H and O–H groups in total. The first-order chi connectivity index (χ1) is 9.53. The van der Waals surface area contributed by atoms with E-state index in [0.717, 1.165) is 5.56 Å². The number of rotatable bonds is 6. The number of carboxylic acids is 1. The minimum Gasteiger partial charge on any atom is -0.480 e. The second-order valence-electron chi connectivity index (χ2n) is 6.35. The molecular formula is C15H23NO4S. The zero-order valence-corrected chi connectivity index (χ0v) is 13.6. The Morgan fingerprint density at radius 3 is 2.19 bits per heavy atom. The van der Waals surface area contributed by atoms with Crippen LogP contribution in [0.3, 0.4) is 0 Å². The molecule has 0 radical (unpaired) electrons. The molecule has 0 aliphatic rings. The van der Waals surface area contributed by atoms with Crippen molar-refractivity contribution in [1.82, 2.24) is 4.72 Å². The van der Waals surface area contributed by atoms with E-state index in [9.17, 15) is 18.3 Å². The standard InChI is InChI=1S/C15H23NO4S/c1-11(12-8-6-5-7-9-12)10-21(19,20)16-13(14(17)18)15(2,3)4/h5-9,11,13,16H,10H2,1-4H3,(H,17,18)/t11?,13-/m1/s1. The van der Waals surface area contributed by atoms with Crippen molar-refractivity contribution in [2.75, 3.05) is 5.75 Å². The Bertz CT molecular complexity index is 575. The lowest BCUT2D eigenvalue weighted by Crippen LogP contribution is -2.49. The number of carboxylic acid groups (broad SMARTS) is 1. The van der Waals surface area contributed by atoms with Gasteiger partial charge in [-0.1, -0.05) is 58.0 Å². The molecule has 0 spiro atoms. The third-order valence-electron chi connectivity index (χ3n) is 3.25. The molecule has 5 nitrogen and oxygen atoms in total. The first-order valence-electron chi connectivity index (χ1n) is 6.80. The third-order valence-corrected chi connectivity index (χ3v) is 4.78. The second-order valence-corrected chi connectivity index (χ2v) is 8.15. The van der Waals surface area contributed by atoms with Gasteiger partial charge in [-0.2, -0.15) is 0 Å². The molecule has 21 heavy (non-hydrogen) atoms. The summed E-state index contributed by atoms with van der Waals surface area (Å²) >= 11 is 0. The normalized spacial score (nSPS) is 15.4. The highest BCUT2D eigenvalue weighted by Crippen LogP contribution is 2.22. The Morgan fingerprint density at radius 1 is 1.24 bits per heavy atom. The smallest absolute Gasteiger partial charge is 0.322 e. The first kappa shape index (κ1) is 17.7. The minimum absolute atomic E-state index is 0.142. The summed E-state index contributed by atoms with van der Waals surface area (Å²) in [5.74, 6) is -1.52. The SMILES string of the molecule is CC(CS(=O)(=O)N[C@H](C(=O)O)C(C)(C)C)c1ccccc1. The van der Waals surface area contributed by atoms with E-state index in [0.29, 0.717) is 0 Å². The predicted molar refractivity (Wildman–Crippen MR) is 82.7 cm³/mol. The number of hydrogen-bond donors (Lipinski definition) is 2. The molecule has 0 aliphatic heterocycles. The second kappa shape index (κ2) is 6.58. The van der Waals surface area contributed by atoms with Crippen molar-refractivity contribution in [3.63, 3.8) is 0 Å². The molecule has 0 aromatic heterocycles. The van der Waals surface area contributed by atoms with Crippen molar-refractivity contribution in [3.05, 3.63) is 35.9 Å². The van der Waals surface area contributed by atoms with Crippen LogP contribution >= 0.6 is 0 Å². The van der Waals surface area contributed by atoms with Crippen molar-refractivity contribution in [1.29, 1.82) is 0 Å². The van der Waals surface area contributed by atoms with Gasteiger partial charge in [0.2, 0.25) is 10.0 Å². The number of nitrogens with one attached hydrogen (secondary N) is 1. The van der Waals surface area contributed by atoms with E-state index >= 15 is 0 Å². The first-order valence-corrected chi connectivity index (χ1v) is 8.46. The molecule has 0 bridgehead atoms. The van der Waals surface area contributed by atoms with Crippen LogP contribution in [0, 0.1) is 5.41 Å². The monoisotopic (exact) mass is 313 g/mol. The quantitative estimate of drug-likeness (QED) is 0.843. The number of hydrogen-bond acceptors (Lipinski definition) is 3. The van der Waals surface area contributed by atoms with Crippen LogP contribution in [-0.2, 0) is 14.8 Å². The molecule has 118 valence electrons. The largest absolute Gasteiger partial charge is 0.480 e. The van der Waals surface area contributed by atoms with Gasteiger partial charge in [-0.3, -0.25) is 4.79 Å². The van der Waals surface area contributed by atoms with E-state index < -0.39 is 27.4 Å². The summed E-state index contributed by atoms with van der Waals surface area (Å²) in [7, 11) is -3.69. The molecule has 0 saturated heterocycles. The van der Waals surface area contributed by atoms with Crippen LogP contribution in [0.25, 0.3) is 0 Å². The predicted octanol–water partition coefficient (Wildman–Crippen LogP) is 2.21. The molecular weight excluding hydrogens is 290 g/mol. The van der Waals surface area contributed by atoms with Gasteiger partial charge < -0.3 is 5.11 Å². The van der Waals surface area contributed by atoms with Crippen LogP contribution in [-0.4, -0.2) is 31.3 Å². The number of sulfonamides is 1. The van der Waals surface area contributed by atoms with Crippen LogP contribution in [0.2, 0.25) is 0 Å². The molecule has 1 aromatic carbocycles. The maximum absolute atomic E-state index is 12.2. The maximum Gasteiger partial charge on any atom is 0.322 e. The van der Waals surface area contributed by atoms with Gasteiger partial charge in [0.25, 0.3) is 0 Å². The number of aliphatic carboxylic acids is 1. The van der Waals surface area contributed by atoms with E-state index in [2.05, 4.69) is 4.72 Å². The van der Waals surface area contributed by atoms with Gasteiger partial charge in [0.05, 0.1) is 5.75 Å². The molecule has 1 rings (SSSR count). The highest BCUT2D eigenvalue weighted by Gasteiger charge is 2.35. The van der Waals surface area contributed by atoms with Crippen LogP contribution in [0.1, 0.15) is 39.2 Å². The average molecular weight is 313 g/mol. The summed E-state index contributed by atoms with van der Waals surface area (Å²) in [6.45, 7) is 6.88. The molecule has 0 aliphatic carbocycles. The topological polar surface area (TPSA) is 83.5 Å². The van der Waals surface area contributed by atoms with Gasteiger partial charge in [0.15, 0.2) is 0 Å². The van der Waals surface area contributed by atoms with Gasteiger partial charge in [-0.25, -0.2) is 13.1 Å². The minimum atomic E-state index is -3.69. The summed E-state index contributed by atoms with van der Waals surface area (Å²) in [6, 6.07) is 8.13. The van der Waals surface area contributed by atoms with Crippen molar-refractivity contribution in [2.24, 2.45) is 5.41 Å². The van der Waals surface area contributed by atoms with Crippen molar-refractivity contribution >= 4 is 16.0 Å². The van der Waals surface area contributed by atoms with Gasteiger partial charge in [-0.05, 0) is 16.9 Å². The van der Waals surface area contributed by atoms with E-state index in [4.69, 9.17) is 0 Å². The summed E-state index contributed by atoms with van der Waals surface area (Å²) in [4.78, 5) is 11.3. The molecule has 0 amide bonds. The Hall–Kier alpha value is -1.40. The lowest BCUT2D eigenvalue weighted by atomic mass is 9.88. The summed E-state index contributed by atoms with van der Waals surface area (Å²) in [6.07, 6.45) is 0. The summed E-state index contributed by atoms with van der Waals surface area (Å²) in [5.41, 5.74) is 0.208. The Kier molecular flexibility index (Phi) is 5.53.